The Hall–Kier alpha value is -3.66. The third-order valence-electron chi connectivity index (χ3n) is 9.50. The summed E-state index contributed by atoms with van der Waals surface area (Å²) in [6.45, 7) is 23.8. The van der Waals surface area contributed by atoms with Crippen LogP contribution >= 0.6 is 0 Å². The first kappa shape index (κ1) is 46.4. The second-order valence-corrected chi connectivity index (χ2v) is 15.3. The predicted molar refractivity (Wildman–Crippen MR) is 217 cm³/mol. The highest BCUT2D eigenvalue weighted by Crippen LogP contribution is 2.27. The molecule has 1 saturated carbocycles. The van der Waals surface area contributed by atoms with Crippen LogP contribution in [-0.4, -0.2) is 0 Å². The minimum Gasteiger partial charge on any atom is -0.207 e. The van der Waals surface area contributed by atoms with Gasteiger partial charge in [-0.25, -0.2) is 17.6 Å². The van der Waals surface area contributed by atoms with Crippen LogP contribution in [0.5, 0.6) is 0 Å². The largest absolute Gasteiger partial charge is 0.207 e. The number of allylic oxidation sites excluding steroid dienone is 2. The first-order valence-electron chi connectivity index (χ1n) is 18.9. The summed E-state index contributed by atoms with van der Waals surface area (Å²) in [5, 5.41) is 0. The Balaban J connectivity index is 0.000000313. The highest BCUT2D eigenvalue weighted by Gasteiger charge is 2.13. The minimum atomic E-state index is -0.475. The smallest absolute Gasteiger partial charge is 0.129 e. The lowest BCUT2D eigenvalue weighted by Crippen LogP contribution is -2.08. The monoisotopic (exact) mass is 719 g/mol. The van der Waals surface area contributed by atoms with E-state index in [1.54, 1.807) is 38.5 Å². The lowest BCUT2D eigenvalue weighted by atomic mass is 9.84. The van der Waals surface area contributed by atoms with Crippen molar-refractivity contribution < 1.29 is 17.6 Å². The van der Waals surface area contributed by atoms with Crippen molar-refractivity contribution in [3.05, 3.63) is 152 Å². The summed E-state index contributed by atoms with van der Waals surface area (Å²) in [6.07, 6.45) is 12.3. The van der Waals surface area contributed by atoms with E-state index < -0.39 is 11.6 Å². The fraction of sp³-hybridized carbons (Fsp3) is 0.458. The van der Waals surface area contributed by atoms with E-state index in [0.717, 1.165) is 28.9 Å². The maximum Gasteiger partial charge on any atom is 0.129 e. The molecule has 4 aromatic carbocycles. The second kappa shape index (κ2) is 24.6. The molecule has 2 aliphatic carbocycles. The average molecular weight is 719 g/mol. The summed E-state index contributed by atoms with van der Waals surface area (Å²) in [4.78, 5) is 0. The maximum atomic E-state index is 12.6. The molecule has 52 heavy (non-hydrogen) atoms. The van der Waals surface area contributed by atoms with Gasteiger partial charge in [0.1, 0.15) is 23.3 Å². The van der Waals surface area contributed by atoms with Crippen LogP contribution in [0.25, 0.3) is 0 Å². The van der Waals surface area contributed by atoms with Crippen LogP contribution in [0.4, 0.5) is 17.6 Å². The van der Waals surface area contributed by atoms with Crippen molar-refractivity contribution in [2.24, 2.45) is 17.8 Å². The standard InChI is InChI=1S/C8H8F2.2C8H9F.C8H16.C8H14.C8H10/c1-5-3-7(9)6(2)8(10)4-5;2*1-6-3-4-7(2)8(9)5-6;3*1-7-3-5-8(2)6-4-7/h3-4H,1-2H3;2*3-5H,1-2H3;7-8H,3-6H2,1-2H3;3,8H,4-6H2,1-2H3;3-6H,1-2H3. The Bertz CT molecular complexity index is 1520. The molecule has 1 atom stereocenters. The molecule has 0 radical (unpaired) electrons. The average Bonchev–Trinajstić information content (AvgIpc) is 3.09. The molecule has 0 amide bonds. The Kier molecular flexibility index (Phi) is 21.9. The number of halogens is 4. The van der Waals surface area contributed by atoms with Crippen molar-refractivity contribution in [1.82, 2.24) is 0 Å². The summed E-state index contributed by atoms with van der Waals surface area (Å²) >= 11 is 0. The van der Waals surface area contributed by atoms with E-state index >= 15 is 0 Å². The minimum absolute atomic E-state index is 0.0885. The molecule has 4 heteroatoms. The van der Waals surface area contributed by atoms with Gasteiger partial charge in [-0.2, -0.15) is 0 Å². The zero-order valence-electron chi connectivity index (χ0n) is 34.2. The summed E-state index contributed by atoms with van der Waals surface area (Å²) in [5.41, 5.74) is 8.30. The Morgan fingerprint density at radius 2 is 0.750 bits per heavy atom. The van der Waals surface area contributed by atoms with Gasteiger partial charge < -0.3 is 0 Å². The lowest BCUT2D eigenvalue weighted by molar-refractivity contribution is 0.308. The van der Waals surface area contributed by atoms with Crippen molar-refractivity contribution >= 4 is 0 Å². The first-order chi connectivity index (χ1) is 24.4. The third kappa shape index (κ3) is 20.4. The maximum absolute atomic E-state index is 12.6. The topological polar surface area (TPSA) is 0 Å². The number of rotatable bonds is 0. The van der Waals surface area contributed by atoms with Gasteiger partial charge >= 0.3 is 0 Å². The molecule has 0 bridgehead atoms. The van der Waals surface area contributed by atoms with Gasteiger partial charge in [0, 0.05) is 5.56 Å². The molecule has 0 N–H and O–H groups in total. The zero-order valence-corrected chi connectivity index (χ0v) is 34.2. The van der Waals surface area contributed by atoms with Gasteiger partial charge in [-0.1, -0.05) is 118 Å². The van der Waals surface area contributed by atoms with Crippen LogP contribution in [0, 0.1) is 96.4 Å². The van der Waals surface area contributed by atoms with E-state index in [0.29, 0.717) is 16.7 Å². The van der Waals surface area contributed by atoms with Crippen LogP contribution in [0.1, 0.15) is 117 Å². The summed E-state index contributed by atoms with van der Waals surface area (Å²) < 4.78 is 50.4. The predicted octanol–water partition coefficient (Wildman–Crippen LogP) is 15.4. The second-order valence-electron chi connectivity index (χ2n) is 15.3. The van der Waals surface area contributed by atoms with Gasteiger partial charge in [-0.05, 0) is 151 Å². The van der Waals surface area contributed by atoms with E-state index in [9.17, 15) is 17.6 Å². The van der Waals surface area contributed by atoms with Gasteiger partial charge in [0.2, 0.25) is 0 Å². The van der Waals surface area contributed by atoms with Crippen LogP contribution < -0.4 is 0 Å². The normalized spacial score (nSPS) is 17.4. The molecule has 286 valence electrons. The molecule has 1 fully saturated rings. The Morgan fingerprint density at radius 3 is 1.04 bits per heavy atom. The lowest BCUT2D eigenvalue weighted by Gasteiger charge is -2.22. The number of benzene rings is 4. The van der Waals surface area contributed by atoms with E-state index in [-0.39, 0.29) is 17.2 Å². The first-order valence-corrected chi connectivity index (χ1v) is 18.9. The SMILES string of the molecule is CC1=CCC(C)CC1.CC1CCC(C)CC1.Cc1cc(F)c(C)c(F)c1.Cc1ccc(C)c(F)c1.Cc1ccc(C)c(F)c1.Cc1ccc(C)cc1. The van der Waals surface area contributed by atoms with Crippen LogP contribution in [0.3, 0.4) is 0 Å². The van der Waals surface area contributed by atoms with E-state index in [4.69, 9.17) is 0 Å². The molecule has 0 aliphatic heterocycles. The van der Waals surface area contributed by atoms with Crippen molar-refractivity contribution in [3.63, 3.8) is 0 Å². The van der Waals surface area contributed by atoms with Crippen molar-refractivity contribution in [2.75, 3.05) is 0 Å². The Morgan fingerprint density at radius 1 is 0.404 bits per heavy atom. The summed E-state index contributed by atoms with van der Waals surface area (Å²) in [5.74, 6) is 1.80. The zero-order chi connectivity index (χ0) is 39.4. The molecular formula is C48H66F4. The fourth-order valence-electron chi connectivity index (χ4n) is 5.33. The summed E-state index contributed by atoms with van der Waals surface area (Å²) in [7, 11) is 0. The molecule has 6 rings (SSSR count). The molecule has 1 unspecified atom stereocenters. The molecular weight excluding hydrogens is 653 g/mol. The molecule has 0 spiro atoms. The Labute approximate surface area is 314 Å². The van der Waals surface area contributed by atoms with Crippen molar-refractivity contribution in [1.29, 1.82) is 0 Å². The number of hydrogen-bond donors (Lipinski definition) is 0. The third-order valence-corrected chi connectivity index (χ3v) is 9.50. The summed E-state index contributed by atoms with van der Waals surface area (Å²) in [6, 6.07) is 21.6. The van der Waals surface area contributed by atoms with E-state index in [2.05, 4.69) is 71.9 Å². The molecule has 0 heterocycles. The highest BCUT2D eigenvalue weighted by molar-refractivity contribution is 5.24. The fourth-order valence-corrected chi connectivity index (χ4v) is 5.33. The molecule has 0 nitrogen and oxygen atoms in total. The number of hydrogen-bond acceptors (Lipinski definition) is 0. The van der Waals surface area contributed by atoms with Crippen LogP contribution in [0.15, 0.2) is 84.4 Å². The molecule has 0 saturated heterocycles. The van der Waals surface area contributed by atoms with Crippen molar-refractivity contribution in [3.8, 4) is 0 Å². The van der Waals surface area contributed by atoms with Gasteiger partial charge in [0.25, 0.3) is 0 Å². The van der Waals surface area contributed by atoms with Gasteiger partial charge in [-0.15, -0.1) is 0 Å². The quantitative estimate of drug-likeness (QED) is 0.125. The van der Waals surface area contributed by atoms with Gasteiger partial charge in [-0.3, -0.25) is 0 Å². The van der Waals surface area contributed by atoms with Crippen LogP contribution in [0.2, 0.25) is 0 Å². The molecule has 2 aliphatic rings. The molecule has 0 aromatic heterocycles. The van der Waals surface area contributed by atoms with Crippen molar-refractivity contribution in [2.45, 2.75) is 128 Å². The highest BCUT2D eigenvalue weighted by atomic mass is 19.1. The van der Waals surface area contributed by atoms with E-state index in [1.165, 1.54) is 87.3 Å². The number of aryl methyl sites for hydroxylation is 7. The van der Waals surface area contributed by atoms with Gasteiger partial charge in [0.15, 0.2) is 0 Å². The molecule has 4 aromatic rings. The van der Waals surface area contributed by atoms with Crippen LogP contribution in [-0.2, 0) is 0 Å². The van der Waals surface area contributed by atoms with Gasteiger partial charge in [0.05, 0.1) is 0 Å². The van der Waals surface area contributed by atoms with E-state index in [1.807, 2.05) is 26.0 Å².